The van der Waals surface area contributed by atoms with Crippen LogP contribution in [0.3, 0.4) is 0 Å². The molecule has 7 nitrogen and oxygen atoms in total. The summed E-state index contributed by atoms with van der Waals surface area (Å²) in [4.78, 5) is 15.0. The van der Waals surface area contributed by atoms with Gasteiger partial charge in [-0.05, 0) is 13.0 Å². The number of rotatable bonds is 3. The van der Waals surface area contributed by atoms with E-state index >= 15 is 0 Å². The Morgan fingerprint density at radius 1 is 1.55 bits per heavy atom. The predicted molar refractivity (Wildman–Crippen MR) is 64.0 cm³/mol. The van der Waals surface area contributed by atoms with Crippen molar-refractivity contribution in [3.8, 4) is 0 Å². The van der Waals surface area contributed by atoms with Gasteiger partial charge in [-0.3, -0.25) is 4.57 Å². The first-order valence-corrected chi connectivity index (χ1v) is 5.87. The van der Waals surface area contributed by atoms with Crippen LogP contribution in [-0.4, -0.2) is 45.0 Å². The molecule has 1 aromatic heterocycles. The van der Waals surface area contributed by atoms with Gasteiger partial charge in [-0.15, -0.1) is 0 Å². The molecule has 0 amide bonds. The Hall–Kier alpha value is -1.58. The fourth-order valence-corrected chi connectivity index (χ4v) is 2.18. The van der Waals surface area contributed by atoms with E-state index in [9.17, 15) is 18.7 Å². The molecule has 0 saturated carbocycles. The quantitative estimate of drug-likeness (QED) is 0.682. The first-order valence-electron chi connectivity index (χ1n) is 5.87. The van der Waals surface area contributed by atoms with Gasteiger partial charge in [0, 0.05) is 6.20 Å². The number of hydrogen-bond donors (Lipinski definition) is 3. The smallest absolute Gasteiger partial charge is 0.351 e. The van der Waals surface area contributed by atoms with Gasteiger partial charge >= 0.3 is 11.6 Å². The number of nitrogens with zero attached hydrogens (tertiary/aromatic N) is 2. The molecule has 1 fully saturated rings. The molecule has 2 heterocycles. The lowest BCUT2D eigenvalue weighted by Crippen LogP contribution is -2.48. The summed E-state index contributed by atoms with van der Waals surface area (Å²) in [6.07, 6.45) is -2.23. The largest absolute Gasteiger partial charge is 0.395 e. The predicted octanol–water partition coefficient (Wildman–Crippen LogP) is -0.651. The Morgan fingerprint density at radius 3 is 2.65 bits per heavy atom. The normalized spacial score (nSPS) is 32.5. The Balaban J connectivity index is 2.51. The number of nitrogen functional groups attached to an aromatic ring is 1. The van der Waals surface area contributed by atoms with Crippen LogP contribution < -0.4 is 11.4 Å². The molecule has 1 aromatic rings. The first kappa shape index (κ1) is 14.8. The molecule has 9 heteroatoms. The molecular formula is C11H15F2N3O4. The summed E-state index contributed by atoms with van der Waals surface area (Å²) in [6, 6.07) is 1.18. The van der Waals surface area contributed by atoms with Crippen LogP contribution in [0.1, 0.15) is 13.2 Å². The van der Waals surface area contributed by atoms with E-state index in [1.54, 1.807) is 0 Å². The average Bonchev–Trinajstić information content (AvgIpc) is 2.59. The number of alkyl halides is 2. The van der Waals surface area contributed by atoms with Crippen molar-refractivity contribution in [3.63, 3.8) is 0 Å². The molecule has 20 heavy (non-hydrogen) atoms. The number of halogens is 2. The van der Waals surface area contributed by atoms with E-state index < -0.39 is 42.6 Å². The Morgan fingerprint density at radius 2 is 2.20 bits per heavy atom. The van der Waals surface area contributed by atoms with Crippen molar-refractivity contribution in [1.29, 1.82) is 0 Å². The molecule has 2 rings (SSSR count). The van der Waals surface area contributed by atoms with Crippen LogP contribution in [0.5, 0.6) is 0 Å². The second kappa shape index (κ2) is 4.76. The van der Waals surface area contributed by atoms with Crippen LogP contribution in [0.2, 0.25) is 0 Å². The molecule has 3 atom stereocenters. The number of nitrogens with two attached hydrogens (primary N) is 1. The van der Waals surface area contributed by atoms with Gasteiger partial charge in [-0.1, -0.05) is 0 Å². The number of hydrogen-bond acceptors (Lipinski definition) is 6. The highest BCUT2D eigenvalue weighted by atomic mass is 19.3. The fraction of sp³-hybridized carbons (Fsp3) is 0.636. The third kappa shape index (κ3) is 1.89. The van der Waals surface area contributed by atoms with Crippen molar-refractivity contribution in [2.75, 3.05) is 18.9 Å². The van der Waals surface area contributed by atoms with E-state index in [-0.39, 0.29) is 5.82 Å². The second-order valence-corrected chi connectivity index (χ2v) is 4.90. The zero-order chi connectivity index (χ0) is 15.1. The van der Waals surface area contributed by atoms with Gasteiger partial charge in [-0.2, -0.15) is 4.98 Å². The molecule has 0 aromatic carbocycles. The number of anilines is 1. The highest BCUT2D eigenvalue weighted by Gasteiger charge is 2.67. The van der Waals surface area contributed by atoms with Crippen molar-refractivity contribution < 1.29 is 23.7 Å². The van der Waals surface area contributed by atoms with E-state index in [0.29, 0.717) is 4.57 Å². The standard InChI is InChI=1S/C11H15F2N3O4/c1-10(5-18)6(4-17)20-8(11(10,12)13)16-3-2-7(14)15-9(16)19/h2-3,6,8,17-18H,4-5H2,1H3,(H2,14,15,19)/t6-,8+,10-/m1/s1. The minimum Gasteiger partial charge on any atom is -0.395 e. The van der Waals surface area contributed by atoms with Crippen LogP contribution >= 0.6 is 0 Å². The lowest BCUT2D eigenvalue weighted by molar-refractivity contribution is -0.154. The molecule has 4 N–H and O–H groups in total. The molecule has 0 aliphatic carbocycles. The molecule has 1 saturated heterocycles. The molecule has 112 valence electrons. The van der Waals surface area contributed by atoms with Gasteiger partial charge in [0.1, 0.15) is 5.82 Å². The number of aliphatic hydroxyl groups excluding tert-OH is 2. The van der Waals surface area contributed by atoms with Crippen LogP contribution in [0.15, 0.2) is 17.1 Å². The first-order chi connectivity index (χ1) is 9.27. The highest BCUT2D eigenvalue weighted by Crippen LogP contribution is 2.54. The maximum absolute atomic E-state index is 14.4. The van der Waals surface area contributed by atoms with E-state index in [2.05, 4.69) is 4.98 Å². The van der Waals surface area contributed by atoms with Crippen molar-refractivity contribution in [3.05, 3.63) is 22.7 Å². The maximum atomic E-state index is 14.4. The van der Waals surface area contributed by atoms with Crippen LogP contribution in [-0.2, 0) is 4.74 Å². The van der Waals surface area contributed by atoms with E-state index in [0.717, 1.165) is 13.1 Å². The number of aliphatic hydroxyl groups is 2. The molecule has 0 unspecified atom stereocenters. The minimum absolute atomic E-state index is 0.101. The maximum Gasteiger partial charge on any atom is 0.351 e. The third-order valence-corrected chi connectivity index (χ3v) is 3.67. The minimum atomic E-state index is -3.57. The zero-order valence-corrected chi connectivity index (χ0v) is 10.7. The highest BCUT2D eigenvalue weighted by molar-refractivity contribution is 5.24. The van der Waals surface area contributed by atoms with Gasteiger partial charge in [-0.25, -0.2) is 13.6 Å². The summed E-state index contributed by atoms with van der Waals surface area (Å²) in [6.45, 7) is -0.525. The molecule has 1 aliphatic rings. The molecular weight excluding hydrogens is 276 g/mol. The van der Waals surface area contributed by atoms with Crippen LogP contribution in [0.25, 0.3) is 0 Å². The fourth-order valence-electron chi connectivity index (χ4n) is 2.18. The van der Waals surface area contributed by atoms with Crippen molar-refractivity contribution in [2.45, 2.75) is 25.2 Å². The van der Waals surface area contributed by atoms with E-state index in [1.807, 2.05) is 0 Å². The summed E-state index contributed by atoms with van der Waals surface area (Å²) < 4.78 is 34.6. The third-order valence-electron chi connectivity index (χ3n) is 3.67. The van der Waals surface area contributed by atoms with Gasteiger partial charge < -0.3 is 20.7 Å². The number of aromatic nitrogens is 2. The molecule has 0 bridgehead atoms. The summed E-state index contributed by atoms with van der Waals surface area (Å²) in [5.74, 6) is -3.67. The van der Waals surface area contributed by atoms with E-state index in [1.165, 1.54) is 6.07 Å². The lowest BCUT2D eigenvalue weighted by Gasteiger charge is -2.32. The van der Waals surface area contributed by atoms with Gasteiger partial charge in [0.05, 0.1) is 24.7 Å². The summed E-state index contributed by atoms with van der Waals surface area (Å²) in [7, 11) is 0. The van der Waals surface area contributed by atoms with Crippen molar-refractivity contribution in [1.82, 2.24) is 9.55 Å². The second-order valence-electron chi connectivity index (χ2n) is 4.90. The van der Waals surface area contributed by atoms with Crippen LogP contribution in [0, 0.1) is 5.41 Å². The van der Waals surface area contributed by atoms with Crippen LogP contribution in [0.4, 0.5) is 14.6 Å². The Labute approximate surface area is 112 Å². The van der Waals surface area contributed by atoms with Gasteiger partial charge in [0.25, 0.3) is 0 Å². The lowest BCUT2D eigenvalue weighted by atomic mass is 9.80. The number of ether oxygens (including phenoxy) is 1. The Kier molecular flexibility index (Phi) is 3.53. The summed E-state index contributed by atoms with van der Waals surface area (Å²) in [5, 5.41) is 18.4. The van der Waals surface area contributed by atoms with Crippen molar-refractivity contribution in [2.24, 2.45) is 5.41 Å². The zero-order valence-electron chi connectivity index (χ0n) is 10.7. The molecule has 0 spiro atoms. The Bertz CT molecular complexity index is 565. The van der Waals surface area contributed by atoms with Crippen molar-refractivity contribution >= 4 is 5.82 Å². The molecule has 1 aliphatic heterocycles. The summed E-state index contributed by atoms with van der Waals surface area (Å²) >= 11 is 0. The molecule has 0 radical (unpaired) electrons. The van der Waals surface area contributed by atoms with Gasteiger partial charge in [0.2, 0.25) is 6.23 Å². The summed E-state index contributed by atoms with van der Waals surface area (Å²) in [5.41, 5.74) is 2.30. The van der Waals surface area contributed by atoms with E-state index in [4.69, 9.17) is 15.6 Å². The SMILES string of the molecule is C[C@@]1(CO)[C@@H](CO)O[C@H](n2ccc(N)nc2=O)C1(F)F. The average molecular weight is 291 g/mol. The monoisotopic (exact) mass is 291 g/mol. The topological polar surface area (TPSA) is 111 Å². The van der Waals surface area contributed by atoms with Gasteiger partial charge in [0.15, 0.2) is 0 Å².